The van der Waals surface area contributed by atoms with Gasteiger partial charge in [0.1, 0.15) is 0 Å². The molecule has 1 aliphatic carbocycles. The normalized spacial score (nSPS) is 12.6. The first kappa shape index (κ1) is 16.6. The second kappa shape index (κ2) is 6.65. The van der Waals surface area contributed by atoms with E-state index in [2.05, 4.69) is 73.7 Å². The number of nitrogens with one attached hydrogen (secondary N) is 2. The molecule has 5 aromatic rings. The van der Waals surface area contributed by atoms with Crippen molar-refractivity contribution in [3.8, 4) is 0 Å². The zero-order valence-electron chi connectivity index (χ0n) is 15.2. The van der Waals surface area contributed by atoms with Crippen LogP contribution >= 0.6 is 22.7 Å². The van der Waals surface area contributed by atoms with Gasteiger partial charge in [0.15, 0.2) is 11.6 Å². The zero-order chi connectivity index (χ0) is 19.2. The first-order valence-corrected chi connectivity index (χ1v) is 11.0. The lowest BCUT2D eigenvalue weighted by Crippen LogP contribution is -2.00. The molecule has 0 saturated carbocycles. The van der Waals surface area contributed by atoms with Crippen LogP contribution in [0.1, 0.15) is 11.1 Å². The number of nitrogens with zero attached hydrogens (tertiary/aromatic N) is 3. The second-order valence-electron chi connectivity index (χ2n) is 6.87. The van der Waals surface area contributed by atoms with Crippen molar-refractivity contribution in [1.82, 2.24) is 15.2 Å². The monoisotopic (exact) mass is 413 g/mol. The van der Waals surface area contributed by atoms with Gasteiger partial charge in [-0.3, -0.25) is 0 Å². The molecular formula is C22H15N5S2. The fourth-order valence-corrected chi connectivity index (χ4v) is 5.14. The Balaban J connectivity index is 1.34. The molecule has 3 heterocycles. The maximum atomic E-state index is 4.47. The quantitative estimate of drug-likeness (QED) is 0.359. The van der Waals surface area contributed by atoms with Gasteiger partial charge in [-0.1, -0.05) is 18.2 Å². The molecule has 2 N–H and O–H groups in total. The fraction of sp³-hybridized carbons (Fsp3) is 0.0455. The number of rotatable bonds is 4. The lowest BCUT2D eigenvalue weighted by molar-refractivity contribution is 1.06. The average molecular weight is 414 g/mol. The Kier molecular flexibility index (Phi) is 3.82. The summed E-state index contributed by atoms with van der Waals surface area (Å²) < 4.78 is 2.22. The van der Waals surface area contributed by atoms with E-state index in [0.29, 0.717) is 0 Å². The minimum atomic E-state index is 0.765. The Hall–Kier alpha value is -3.29. The van der Waals surface area contributed by atoms with Crippen LogP contribution in [0.2, 0.25) is 0 Å². The Labute approximate surface area is 174 Å². The predicted molar refractivity (Wildman–Crippen MR) is 123 cm³/mol. The van der Waals surface area contributed by atoms with Crippen LogP contribution in [0.25, 0.3) is 26.4 Å². The Morgan fingerprint density at radius 1 is 0.862 bits per heavy atom. The highest BCUT2D eigenvalue weighted by molar-refractivity contribution is 7.18. The van der Waals surface area contributed by atoms with Gasteiger partial charge in [0.05, 0.1) is 20.4 Å². The van der Waals surface area contributed by atoms with Crippen LogP contribution in [0.5, 0.6) is 0 Å². The third-order valence-electron chi connectivity index (χ3n) is 5.02. The minimum Gasteiger partial charge on any atom is -0.338 e. The lowest BCUT2D eigenvalue weighted by Gasteiger charge is -2.11. The molecule has 0 amide bonds. The van der Waals surface area contributed by atoms with Gasteiger partial charge in [0, 0.05) is 16.8 Å². The van der Waals surface area contributed by atoms with E-state index in [1.165, 1.54) is 11.1 Å². The van der Waals surface area contributed by atoms with Gasteiger partial charge in [0.25, 0.3) is 0 Å². The van der Waals surface area contributed by atoms with Crippen molar-refractivity contribution in [2.45, 2.75) is 6.42 Å². The fourth-order valence-electron chi connectivity index (χ4n) is 3.59. The van der Waals surface area contributed by atoms with Gasteiger partial charge in [-0.05, 0) is 59.3 Å². The predicted octanol–water partition coefficient (Wildman–Crippen LogP) is 6.36. The summed E-state index contributed by atoms with van der Waals surface area (Å²) in [5.74, 6) is 1.54. The molecular weight excluding hydrogens is 398 g/mol. The smallest absolute Gasteiger partial charge is 0.171 e. The van der Waals surface area contributed by atoms with Crippen molar-refractivity contribution in [2.75, 3.05) is 10.6 Å². The molecule has 0 saturated heterocycles. The van der Waals surface area contributed by atoms with E-state index in [1.807, 2.05) is 17.6 Å². The highest BCUT2D eigenvalue weighted by Crippen LogP contribution is 2.35. The number of benzene rings is 2. The van der Waals surface area contributed by atoms with Crippen molar-refractivity contribution in [3.05, 3.63) is 70.6 Å². The van der Waals surface area contributed by atoms with E-state index in [9.17, 15) is 0 Å². The molecule has 1 aliphatic rings. The van der Waals surface area contributed by atoms with Gasteiger partial charge in [0.2, 0.25) is 0 Å². The molecule has 7 heteroatoms. The molecule has 0 fully saturated rings. The van der Waals surface area contributed by atoms with E-state index in [-0.39, 0.29) is 0 Å². The van der Waals surface area contributed by atoms with Crippen molar-refractivity contribution in [3.63, 3.8) is 0 Å². The van der Waals surface area contributed by atoms with Crippen molar-refractivity contribution < 1.29 is 0 Å². The zero-order valence-corrected chi connectivity index (χ0v) is 16.8. The van der Waals surface area contributed by atoms with Crippen LogP contribution in [-0.4, -0.2) is 15.2 Å². The standard InChI is InChI=1S/C22H15N5S2/c1-2-13-4-5-15(10-14(13)3-1)24-21-17-8-9-28-20(17)22(27-26-21)25-16-6-7-18-19(11-16)29-12-23-18/h1,3-12H,2H2,(H,24,26)(H,25,27). The van der Waals surface area contributed by atoms with E-state index >= 15 is 0 Å². The van der Waals surface area contributed by atoms with E-state index in [0.717, 1.165) is 49.7 Å². The largest absolute Gasteiger partial charge is 0.338 e. The molecule has 5 nitrogen and oxygen atoms in total. The third-order valence-corrected chi connectivity index (χ3v) is 6.74. The van der Waals surface area contributed by atoms with Crippen molar-refractivity contribution in [2.24, 2.45) is 0 Å². The lowest BCUT2D eigenvalue weighted by atomic mass is 10.1. The number of aromatic nitrogens is 3. The molecule has 0 bridgehead atoms. The summed E-state index contributed by atoms with van der Waals surface area (Å²) in [6.45, 7) is 0. The Morgan fingerprint density at radius 2 is 1.72 bits per heavy atom. The summed E-state index contributed by atoms with van der Waals surface area (Å²) in [7, 11) is 0. The molecule has 0 aliphatic heterocycles. The summed E-state index contributed by atoms with van der Waals surface area (Å²) in [4.78, 5) is 4.33. The highest BCUT2D eigenvalue weighted by Gasteiger charge is 2.13. The van der Waals surface area contributed by atoms with Crippen molar-refractivity contribution in [1.29, 1.82) is 0 Å². The summed E-state index contributed by atoms with van der Waals surface area (Å²) in [5.41, 5.74) is 7.50. The van der Waals surface area contributed by atoms with E-state index in [1.54, 1.807) is 22.7 Å². The highest BCUT2D eigenvalue weighted by atomic mass is 32.1. The van der Waals surface area contributed by atoms with Gasteiger partial charge >= 0.3 is 0 Å². The van der Waals surface area contributed by atoms with Gasteiger partial charge in [-0.15, -0.1) is 32.9 Å². The summed E-state index contributed by atoms with van der Waals surface area (Å²) in [6.07, 6.45) is 5.37. The van der Waals surface area contributed by atoms with Crippen LogP contribution < -0.4 is 10.6 Å². The summed E-state index contributed by atoms with van der Waals surface area (Å²) in [5, 5.41) is 18.9. The first-order valence-electron chi connectivity index (χ1n) is 9.24. The van der Waals surface area contributed by atoms with Gasteiger partial charge < -0.3 is 10.6 Å². The Morgan fingerprint density at radius 3 is 2.72 bits per heavy atom. The maximum Gasteiger partial charge on any atom is 0.171 e. The number of thiazole rings is 1. The molecule has 0 atom stereocenters. The minimum absolute atomic E-state index is 0.765. The summed E-state index contributed by atoms with van der Waals surface area (Å²) in [6, 6.07) is 14.7. The summed E-state index contributed by atoms with van der Waals surface area (Å²) >= 11 is 3.29. The molecule has 0 spiro atoms. The number of hydrogen-bond acceptors (Lipinski definition) is 7. The third kappa shape index (κ3) is 2.95. The van der Waals surface area contributed by atoms with Crippen molar-refractivity contribution >= 4 is 72.1 Å². The first-order chi connectivity index (χ1) is 14.3. The maximum absolute atomic E-state index is 4.47. The van der Waals surface area contributed by atoms with Crippen LogP contribution in [-0.2, 0) is 6.42 Å². The molecule has 3 aromatic heterocycles. The van der Waals surface area contributed by atoms with E-state index < -0.39 is 0 Å². The molecule has 0 unspecified atom stereocenters. The molecule has 0 radical (unpaired) electrons. The van der Waals surface area contributed by atoms with E-state index in [4.69, 9.17) is 0 Å². The molecule has 140 valence electrons. The average Bonchev–Trinajstić information content (AvgIpc) is 3.49. The van der Waals surface area contributed by atoms with Crippen LogP contribution in [0, 0.1) is 0 Å². The number of fused-ring (bicyclic) bond motifs is 3. The number of allylic oxidation sites excluding steroid dienone is 1. The second-order valence-corrected chi connectivity index (χ2v) is 8.67. The number of anilines is 4. The van der Waals surface area contributed by atoms with Crippen LogP contribution in [0.4, 0.5) is 23.0 Å². The Bertz CT molecular complexity index is 1400. The number of hydrogen-bond donors (Lipinski definition) is 2. The SMILES string of the molecule is C1=Cc2cc(Nc3nnc(Nc4ccc5ncsc5c4)c4sccc34)ccc2C1. The molecule has 2 aromatic carbocycles. The van der Waals surface area contributed by atoms with Gasteiger partial charge in [-0.2, -0.15) is 0 Å². The molecule has 29 heavy (non-hydrogen) atoms. The topological polar surface area (TPSA) is 62.7 Å². The van der Waals surface area contributed by atoms with Crippen LogP contribution in [0.3, 0.4) is 0 Å². The molecule has 6 rings (SSSR count). The van der Waals surface area contributed by atoms with Gasteiger partial charge in [-0.25, -0.2) is 4.98 Å². The van der Waals surface area contributed by atoms with Crippen LogP contribution in [0.15, 0.2) is 59.4 Å². The number of thiophene rings is 1.